The molecule has 8 nitrogen and oxygen atoms in total. The van der Waals surface area contributed by atoms with E-state index in [-0.39, 0.29) is 28.7 Å². The number of carbonyl (C=O) groups excluding carboxylic acids is 2. The molecule has 1 saturated heterocycles. The number of carbonyl (C=O) groups is 2. The van der Waals surface area contributed by atoms with Crippen LogP contribution in [0.2, 0.25) is 5.02 Å². The van der Waals surface area contributed by atoms with Crippen molar-refractivity contribution in [3.05, 3.63) is 53.0 Å². The normalized spacial score (nSPS) is 25.0. The third-order valence-corrected chi connectivity index (χ3v) is 8.88. The van der Waals surface area contributed by atoms with Crippen molar-refractivity contribution in [1.82, 2.24) is 20.2 Å². The number of oxazole rings is 1. The molecule has 2 aliphatic carbocycles. The first kappa shape index (κ1) is 25.5. The summed E-state index contributed by atoms with van der Waals surface area (Å²) in [6.45, 7) is 6.81. The maximum absolute atomic E-state index is 12.9. The van der Waals surface area contributed by atoms with Crippen molar-refractivity contribution in [1.29, 1.82) is 0 Å². The second-order valence-corrected chi connectivity index (χ2v) is 13.6. The molecule has 3 aliphatic rings. The molecule has 0 atom stereocenters. The first-order chi connectivity index (χ1) is 18.0. The second-order valence-electron chi connectivity index (χ2n) is 11.9. The van der Waals surface area contributed by atoms with E-state index in [1.807, 2.05) is 45.0 Å². The molecule has 1 N–H and O–H groups in total. The topological polar surface area (TPSA) is 97.6 Å². The molecule has 200 valence electrons. The van der Waals surface area contributed by atoms with Gasteiger partial charge in [-0.15, -0.1) is 0 Å². The molecule has 0 bridgehead atoms. The fourth-order valence-corrected chi connectivity index (χ4v) is 7.05. The SMILES string of the molecule is CC(C)(C)OC(=O)N1CC(Sc2cc(C(=O)NC3CC4(C3)CC(c3nc5cc(Cl)ccc5o3)C4)ccn2)C1. The number of pyridine rings is 1. The highest BCUT2D eigenvalue weighted by atomic mass is 35.5. The van der Waals surface area contributed by atoms with Crippen LogP contribution in [0.25, 0.3) is 11.1 Å². The lowest BCUT2D eigenvalue weighted by molar-refractivity contribution is -0.0253. The summed E-state index contributed by atoms with van der Waals surface area (Å²) in [5.41, 5.74) is 1.98. The van der Waals surface area contributed by atoms with E-state index in [0.29, 0.717) is 29.6 Å². The summed E-state index contributed by atoms with van der Waals surface area (Å²) in [5, 5.41) is 4.88. The molecule has 2 amide bonds. The Kier molecular flexibility index (Phi) is 6.34. The van der Waals surface area contributed by atoms with Gasteiger partial charge < -0.3 is 19.4 Å². The lowest BCUT2D eigenvalue weighted by Crippen LogP contribution is -2.55. The Balaban J connectivity index is 0.960. The van der Waals surface area contributed by atoms with Crippen molar-refractivity contribution in [2.45, 2.75) is 74.3 Å². The highest BCUT2D eigenvalue weighted by Crippen LogP contribution is 2.61. The Bertz CT molecular complexity index is 1380. The first-order valence-electron chi connectivity index (χ1n) is 13.0. The molecule has 38 heavy (non-hydrogen) atoms. The van der Waals surface area contributed by atoms with Crippen LogP contribution in [0.3, 0.4) is 0 Å². The van der Waals surface area contributed by atoms with Gasteiger partial charge in [0.05, 0.1) is 5.03 Å². The number of benzene rings is 1. The highest BCUT2D eigenvalue weighted by molar-refractivity contribution is 8.00. The van der Waals surface area contributed by atoms with Gasteiger partial charge in [0.2, 0.25) is 0 Å². The predicted molar refractivity (Wildman–Crippen MR) is 146 cm³/mol. The number of nitrogens with one attached hydrogen (secondary N) is 1. The molecule has 6 rings (SSSR count). The smallest absolute Gasteiger partial charge is 0.410 e. The van der Waals surface area contributed by atoms with Crippen LogP contribution in [0.1, 0.15) is 68.6 Å². The summed E-state index contributed by atoms with van der Waals surface area (Å²) >= 11 is 7.66. The maximum Gasteiger partial charge on any atom is 0.410 e. The lowest BCUT2D eigenvalue weighted by atomic mass is 9.50. The van der Waals surface area contributed by atoms with E-state index in [4.69, 9.17) is 20.8 Å². The van der Waals surface area contributed by atoms with E-state index in [0.717, 1.165) is 47.7 Å². The van der Waals surface area contributed by atoms with Crippen molar-refractivity contribution in [3.63, 3.8) is 0 Å². The molecule has 3 aromatic rings. The van der Waals surface area contributed by atoms with E-state index in [1.54, 1.807) is 28.9 Å². The molecule has 1 aromatic carbocycles. The fourth-order valence-electron chi connectivity index (χ4n) is 5.72. The average Bonchev–Trinajstić information content (AvgIpc) is 3.18. The number of ether oxygens (including phenoxy) is 1. The molecule has 1 aliphatic heterocycles. The van der Waals surface area contributed by atoms with Crippen molar-refractivity contribution in [2.24, 2.45) is 5.41 Å². The highest BCUT2D eigenvalue weighted by Gasteiger charge is 2.54. The zero-order valence-corrected chi connectivity index (χ0v) is 23.3. The standard InChI is InChI=1S/C28H31ClN4O4S/c1-27(2,3)37-26(35)33-14-20(15-33)38-23-8-16(6-7-30-23)24(34)31-19-12-28(13-19)10-17(11-28)25-32-21-9-18(29)4-5-22(21)36-25/h4-9,17,19-20H,10-15H2,1-3H3,(H,31,34). The number of hydrogen-bond acceptors (Lipinski definition) is 7. The van der Waals surface area contributed by atoms with Crippen LogP contribution in [-0.2, 0) is 4.74 Å². The molecule has 2 aromatic heterocycles. The van der Waals surface area contributed by atoms with Gasteiger partial charge in [-0.05, 0) is 82.2 Å². The Morgan fingerprint density at radius 2 is 1.92 bits per heavy atom. The van der Waals surface area contributed by atoms with Crippen LogP contribution >= 0.6 is 23.4 Å². The molecular weight excluding hydrogens is 524 g/mol. The number of amides is 2. The molecule has 3 heterocycles. The van der Waals surface area contributed by atoms with E-state index in [9.17, 15) is 9.59 Å². The van der Waals surface area contributed by atoms with Crippen LogP contribution in [0, 0.1) is 5.41 Å². The van der Waals surface area contributed by atoms with Crippen LogP contribution < -0.4 is 5.32 Å². The minimum Gasteiger partial charge on any atom is -0.444 e. The summed E-state index contributed by atoms with van der Waals surface area (Å²) in [7, 11) is 0. The zero-order chi connectivity index (χ0) is 26.7. The van der Waals surface area contributed by atoms with E-state index in [2.05, 4.69) is 15.3 Å². The molecule has 1 spiro atoms. The molecule has 3 fully saturated rings. The van der Waals surface area contributed by atoms with Gasteiger partial charge in [-0.2, -0.15) is 0 Å². The van der Waals surface area contributed by atoms with Crippen molar-refractivity contribution < 1.29 is 18.7 Å². The molecular formula is C28H31ClN4O4S. The van der Waals surface area contributed by atoms with Crippen molar-refractivity contribution in [2.75, 3.05) is 13.1 Å². The Morgan fingerprint density at radius 3 is 2.66 bits per heavy atom. The minimum absolute atomic E-state index is 0.0650. The maximum atomic E-state index is 12.9. The van der Waals surface area contributed by atoms with Gasteiger partial charge in [0.25, 0.3) is 5.91 Å². The number of rotatable bonds is 5. The van der Waals surface area contributed by atoms with E-state index < -0.39 is 5.60 Å². The Hall–Kier alpha value is -2.78. The van der Waals surface area contributed by atoms with Crippen LogP contribution in [0.15, 0.2) is 46.0 Å². The van der Waals surface area contributed by atoms with Gasteiger partial charge in [0, 0.05) is 47.1 Å². The molecule has 10 heteroatoms. The summed E-state index contributed by atoms with van der Waals surface area (Å²) < 4.78 is 11.4. The average molecular weight is 555 g/mol. The zero-order valence-electron chi connectivity index (χ0n) is 21.7. The van der Waals surface area contributed by atoms with Gasteiger partial charge in [0.1, 0.15) is 11.1 Å². The van der Waals surface area contributed by atoms with Gasteiger partial charge in [-0.1, -0.05) is 23.4 Å². The number of halogens is 1. The van der Waals surface area contributed by atoms with E-state index in [1.165, 1.54) is 0 Å². The summed E-state index contributed by atoms with van der Waals surface area (Å²) in [6.07, 6.45) is 5.43. The lowest BCUT2D eigenvalue weighted by Gasteiger charge is -2.57. The Labute approximate surface area is 230 Å². The monoisotopic (exact) mass is 554 g/mol. The predicted octanol–water partition coefficient (Wildman–Crippen LogP) is 6.04. The van der Waals surface area contributed by atoms with Crippen molar-refractivity contribution in [3.8, 4) is 0 Å². The van der Waals surface area contributed by atoms with Gasteiger partial charge in [-0.3, -0.25) is 4.79 Å². The second kappa shape index (κ2) is 9.45. The fraction of sp³-hybridized carbons (Fsp3) is 0.500. The van der Waals surface area contributed by atoms with E-state index >= 15 is 0 Å². The molecule has 0 radical (unpaired) electrons. The third kappa shape index (κ3) is 5.23. The summed E-state index contributed by atoms with van der Waals surface area (Å²) in [5.74, 6) is 1.06. The Morgan fingerprint density at radius 1 is 1.16 bits per heavy atom. The number of likely N-dealkylation sites (tertiary alicyclic amines) is 1. The summed E-state index contributed by atoms with van der Waals surface area (Å²) in [4.78, 5) is 35.8. The van der Waals surface area contributed by atoms with Crippen LogP contribution in [-0.4, -0.2) is 56.9 Å². The largest absolute Gasteiger partial charge is 0.444 e. The number of fused-ring (bicyclic) bond motifs is 1. The molecule has 0 unspecified atom stereocenters. The van der Waals surface area contributed by atoms with Crippen LogP contribution in [0.4, 0.5) is 4.79 Å². The van der Waals surface area contributed by atoms with Gasteiger partial charge in [0.15, 0.2) is 11.5 Å². The number of hydrogen-bond donors (Lipinski definition) is 1. The summed E-state index contributed by atoms with van der Waals surface area (Å²) in [6, 6.07) is 9.29. The molecule has 2 saturated carbocycles. The number of nitrogens with zero attached hydrogens (tertiary/aromatic N) is 3. The number of aromatic nitrogens is 2. The third-order valence-electron chi connectivity index (χ3n) is 7.55. The van der Waals surface area contributed by atoms with Gasteiger partial charge >= 0.3 is 6.09 Å². The van der Waals surface area contributed by atoms with Gasteiger partial charge in [-0.25, -0.2) is 14.8 Å². The quantitative estimate of drug-likeness (QED) is 0.410. The van der Waals surface area contributed by atoms with Crippen LogP contribution in [0.5, 0.6) is 0 Å². The van der Waals surface area contributed by atoms with Crippen molar-refractivity contribution >= 4 is 46.5 Å². The first-order valence-corrected chi connectivity index (χ1v) is 14.3. The minimum atomic E-state index is -0.500. The number of thioether (sulfide) groups is 1.